The zero-order valence-corrected chi connectivity index (χ0v) is 11.3. The van der Waals surface area contributed by atoms with E-state index in [0.29, 0.717) is 6.04 Å². The average molecular weight is 245 g/mol. The van der Waals surface area contributed by atoms with Crippen molar-refractivity contribution in [1.29, 1.82) is 0 Å². The Morgan fingerprint density at radius 3 is 2.41 bits per heavy atom. The Morgan fingerprint density at radius 2 is 1.76 bits per heavy atom. The summed E-state index contributed by atoms with van der Waals surface area (Å²) in [6.07, 6.45) is 1.14. The molecule has 0 saturated heterocycles. The largest absolute Gasteiger partial charge is 0.305 e. The smallest absolute Gasteiger partial charge is 0.0305 e. The van der Waals surface area contributed by atoms with Gasteiger partial charge in [0, 0.05) is 22.3 Å². The molecule has 17 heavy (non-hydrogen) atoms. The lowest BCUT2D eigenvalue weighted by molar-refractivity contribution is 0.579. The first-order valence-electron chi connectivity index (χ1n) is 6.15. The van der Waals surface area contributed by atoms with E-state index in [-0.39, 0.29) is 0 Å². The number of benzene rings is 1. The number of thiophene rings is 1. The Morgan fingerprint density at radius 1 is 1.06 bits per heavy atom. The second kappa shape index (κ2) is 5.99. The maximum Gasteiger partial charge on any atom is 0.0305 e. The van der Waals surface area contributed by atoms with E-state index in [1.165, 1.54) is 15.3 Å². The van der Waals surface area contributed by atoms with E-state index >= 15 is 0 Å². The lowest BCUT2D eigenvalue weighted by atomic mass is 10.1. The van der Waals surface area contributed by atoms with Crippen molar-refractivity contribution in [2.45, 2.75) is 32.9 Å². The molecule has 2 heteroatoms. The van der Waals surface area contributed by atoms with Crippen LogP contribution in [0.1, 0.15) is 35.2 Å². The van der Waals surface area contributed by atoms with Crippen molar-refractivity contribution in [2.24, 2.45) is 0 Å². The number of hydrogen-bond donors (Lipinski definition) is 1. The second-order valence-electron chi connectivity index (χ2n) is 4.23. The average Bonchev–Trinajstić information content (AvgIpc) is 2.85. The monoisotopic (exact) mass is 245 g/mol. The third kappa shape index (κ3) is 3.42. The summed E-state index contributed by atoms with van der Waals surface area (Å²) in [6, 6.07) is 15.4. The molecule has 0 aliphatic carbocycles. The lowest BCUT2D eigenvalue weighted by Crippen LogP contribution is -2.17. The summed E-state index contributed by atoms with van der Waals surface area (Å²) in [5, 5.41) is 3.56. The van der Waals surface area contributed by atoms with Gasteiger partial charge in [-0.1, -0.05) is 37.3 Å². The van der Waals surface area contributed by atoms with Crippen molar-refractivity contribution in [1.82, 2.24) is 5.32 Å². The normalized spacial score (nSPS) is 12.6. The molecule has 0 saturated carbocycles. The van der Waals surface area contributed by atoms with Crippen LogP contribution >= 0.6 is 11.3 Å². The van der Waals surface area contributed by atoms with Gasteiger partial charge in [-0.3, -0.25) is 0 Å². The third-order valence-corrected chi connectivity index (χ3v) is 4.18. The first-order chi connectivity index (χ1) is 8.29. The molecule has 0 bridgehead atoms. The van der Waals surface area contributed by atoms with Crippen LogP contribution in [0.5, 0.6) is 0 Å². The van der Waals surface area contributed by atoms with E-state index in [4.69, 9.17) is 0 Å². The molecule has 0 aliphatic rings. The zero-order chi connectivity index (χ0) is 12.1. The van der Waals surface area contributed by atoms with Gasteiger partial charge in [0.25, 0.3) is 0 Å². The van der Waals surface area contributed by atoms with Crippen molar-refractivity contribution in [2.75, 3.05) is 0 Å². The molecule has 0 fully saturated rings. The maximum atomic E-state index is 3.56. The topological polar surface area (TPSA) is 12.0 Å². The van der Waals surface area contributed by atoms with Gasteiger partial charge in [-0.25, -0.2) is 0 Å². The van der Waals surface area contributed by atoms with Gasteiger partial charge >= 0.3 is 0 Å². The molecule has 1 heterocycles. The lowest BCUT2D eigenvalue weighted by Gasteiger charge is -2.13. The molecule has 0 aliphatic heterocycles. The van der Waals surface area contributed by atoms with Crippen LogP contribution in [-0.4, -0.2) is 0 Å². The first-order valence-corrected chi connectivity index (χ1v) is 6.97. The van der Waals surface area contributed by atoms with Gasteiger partial charge in [0.15, 0.2) is 0 Å². The fourth-order valence-corrected chi connectivity index (χ4v) is 2.73. The van der Waals surface area contributed by atoms with Crippen molar-refractivity contribution >= 4 is 11.3 Å². The van der Waals surface area contributed by atoms with E-state index in [9.17, 15) is 0 Å². The Balaban J connectivity index is 1.90. The molecular weight excluding hydrogens is 226 g/mol. The number of nitrogens with one attached hydrogen (secondary N) is 1. The molecule has 1 N–H and O–H groups in total. The van der Waals surface area contributed by atoms with E-state index in [2.05, 4.69) is 61.6 Å². The quantitative estimate of drug-likeness (QED) is 0.834. The van der Waals surface area contributed by atoms with E-state index in [1.54, 1.807) is 0 Å². The summed E-state index contributed by atoms with van der Waals surface area (Å²) in [6.45, 7) is 5.38. The maximum absolute atomic E-state index is 3.56. The molecule has 2 aromatic rings. The predicted molar refractivity (Wildman–Crippen MR) is 75.4 cm³/mol. The van der Waals surface area contributed by atoms with Crippen LogP contribution in [0.25, 0.3) is 0 Å². The fourth-order valence-electron chi connectivity index (χ4n) is 1.82. The first kappa shape index (κ1) is 12.3. The van der Waals surface area contributed by atoms with Crippen LogP contribution in [0.3, 0.4) is 0 Å². The van der Waals surface area contributed by atoms with Gasteiger partial charge in [0.05, 0.1) is 0 Å². The standard InChI is InChI=1S/C15H19NS/c1-3-14-9-10-15(17-14)11-16-12(2)13-7-5-4-6-8-13/h4-10,12,16H,3,11H2,1-2H3/t12-/m0/s1. The van der Waals surface area contributed by atoms with Crippen LogP contribution < -0.4 is 5.32 Å². The van der Waals surface area contributed by atoms with Crippen LogP contribution in [0.4, 0.5) is 0 Å². The minimum Gasteiger partial charge on any atom is -0.305 e. The molecule has 0 spiro atoms. The van der Waals surface area contributed by atoms with Crippen LogP contribution in [0.2, 0.25) is 0 Å². The van der Waals surface area contributed by atoms with E-state index < -0.39 is 0 Å². The molecule has 0 amide bonds. The van der Waals surface area contributed by atoms with Gasteiger partial charge in [-0.05, 0) is 31.0 Å². The molecule has 1 aromatic carbocycles. The van der Waals surface area contributed by atoms with Crippen LogP contribution in [0.15, 0.2) is 42.5 Å². The van der Waals surface area contributed by atoms with E-state index in [1.807, 2.05) is 11.3 Å². The summed E-state index contributed by atoms with van der Waals surface area (Å²) in [7, 11) is 0. The Hall–Kier alpha value is -1.12. The summed E-state index contributed by atoms with van der Waals surface area (Å²) in [5.74, 6) is 0. The second-order valence-corrected chi connectivity index (χ2v) is 5.49. The Kier molecular flexibility index (Phi) is 4.35. The van der Waals surface area contributed by atoms with Gasteiger partial charge in [-0.15, -0.1) is 11.3 Å². The summed E-state index contributed by atoms with van der Waals surface area (Å²) in [4.78, 5) is 2.89. The Labute approximate surface area is 108 Å². The summed E-state index contributed by atoms with van der Waals surface area (Å²) < 4.78 is 0. The van der Waals surface area contributed by atoms with Crippen molar-refractivity contribution in [3.8, 4) is 0 Å². The van der Waals surface area contributed by atoms with Crippen molar-refractivity contribution in [3.63, 3.8) is 0 Å². The molecular formula is C15H19NS. The third-order valence-electron chi connectivity index (χ3n) is 2.95. The number of aryl methyl sites for hydroxylation is 1. The predicted octanol–water partition coefficient (Wildman–Crippen LogP) is 4.16. The van der Waals surface area contributed by atoms with Crippen LogP contribution in [0, 0.1) is 0 Å². The molecule has 0 unspecified atom stereocenters. The highest BCUT2D eigenvalue weighted by Crippen LogP contribution is 2.18. The van der Waals surface area contributed by atoms with Crippen molar-refractivity contribution in [3.05, 3.63) is 57.8 Å². The Bertz CT molecular complexity index is 447. The number of rotatable bonds is 5. The fraction of sp³-hybridized carbons (Fsp3) is 0.333. The highest BCUT2D eigenvalue weighted by atomic mass is 32.1. The number of hydrogen-bond acceptors (Lipinski definition) is 2. The SMILES string of the molecule is CCc1ccc(CN[C@@H](C)c2ccccc2)s1. The summed E-state index contributed by atoms with van der Waals surface area (Å²) >= 11 is 1.91. The molecule has 1 nitrogen and oxygen atoms in total. The molecule has 1 aromatic heterocycles. The zero-order valence-electron chi connectivity index (χ0n) is 10.4. The molecule has 2 rings (SSSR count). The highest BCUT2D eigenvalue weighted by Gasteiger charge is 2.04. The van der Waals surface area contributed by atoms with Gasteiger partial charge in [0.2, 0.25) is 0 Å². The van der Waals surface area contributed by atoms with Gasteiger partial charge in [0.1, 0.15) is 0 Å². The van der Waals surface area contributed by atoms with Crippen molar-refractivity contribution < 1.29 is 0 Å². The highest BCUT2D eigenvalue weighted by molar-refractivity contribution is 7.11. The van der Waals surface area contributed by atoms with Gasteiger partial charge in [-0.2, -0.15) is 0 Å². The van der Waals surface area contributed by atoms with Gasteiger partial charge < -0.3 is 5.32 Å². The van der Waals surface area contributed by atoms with E-state index in [0.717, 1.165) is 13.0 Å². The molecule has 0 radical (unpaired) electrons. The minimum absolute atomic E-state index is 0.406. The summed E-state index contributed by atoms with van der Waals surface area (Å²) in [5.41, 5.74) is 1.35. The molecule has 90 valence electrons. The van der Waals surface area contributed by atoms with Crippen LogP contribution in [-0.2, 0) is 13.0 Å². The minimum atomic E-state index is 0.406. The molecule has 1 atom stereocenters.